The van der Waals surface area contributed by atoms with Crippen LogP contribution in [0.15, 0.2) is 0 Å². The number of carbonyl (C=O) groups is 2. The van der Waals surface area contributed by atoms with Gasteiger partial charge < -0.3 is 14.8 Å². The first-order valence-corrected chi connectivity index (χ1v) is 6.62. The maximum Gasteiger partial charge on any atom is 0.322 e. The Labute approximate surface area is 109 Å². The molecule has 18 heavy (non-hydrogen) atoms. The van der Waals surface area contributed by atoms with Crippen LogP contribution >= 0.6 is 0 Å². The quantitative estimate of drug-likeness (QED) is 0.477. The van der Waals surface area contributed by atoms with E-state index in [0.29, 0.717) is 26.0 Å². The molecule has 5 heteroatoms. The zero-order valence-electron chi connectivity index (χ0n) is 11.7. The zero-order chi connectivity index (χ0) is 13.8. The van der Waals surface area contributed by atoms with E-state index < -0.39 is 0 Å². The van der Waals surface area contributed by atoms with Crippen molar-refractivity contribution in [1.29, 1.82) is 0 Å². The fourth-order valence-electron chi connectivity index (χ4n) is 1.60. The molecule has 106 valence electrons. The average molecular weight is 259 g/mol. The lowest BCUT2D eigenvalue weighted by Gasteiger charge is -2.15. The van der Waals surface area contributed by atoms with E-state index in [1.165, 1.54) is 7.11 Å². The topological polar surface area (TPSA) is 64.6 Å². The summed E-state index contributed by atoms with van der Waals surface area (Å²) in [5, 5.41) is 3.12. The Bertz CT molecular complexity index is 243. The molecular formula is C13H25NO4. The number of esters is 2. The van der Waals surface area contributed by atoms with Crippen LogP contribution in [0.5, 0.6) is 0 Å². The summed E-state index contributed by atoms with van der Waals surface area (Å²) in [5.41, 5.74) is 0. The number of hydrogen-bond donors (Lipinski definition) is 1. The van der Waals surface area contributed by atoms with E-state index in [2.05, 4.69) is 12.2 Å². The highest BCUT2D eigenvalue weighted by molar-refractivity contribution is 5.75. The molecule has 0 aliphatic rings. The third-order valence-electron chi connectivity index (χ3n) is 2.59. The fraction of sp³-hybridized carbons (Fsp3) is 0.846. The lowest BCUT2D eigenvalue weighted by Crippen LogP contribution is -2.38. The minimum atomic E-state index is -0.267. The Kier molecular flexibility index (Phi) is 10.3. The monoisotopic (exact) mass is 259 g/mol. The summed E-state index contributed by atoms with van der Waals surface area (Å²) in [5.74, 6) is -0.429. The number of nitrogens with one attached hydrogen (secondary N) is 1. The standard InChI is InChI=1S/C13H25NO4/c1-4-6-8-11(13(16)17-3)14-10-7-9-12(15)18-5-2/h11,14H,4-10H2,1-3H3. The first kappa shape index (κ1) is 16.9. The Morgan fingerprint density at radius 3 is 2.50 bits per heavy atom. The Balaban J connectivity index is 3.81. The van der Waals surface area contributed by atoms with Gasteiger partial charge in [-0.15, -0.1) is 0 Å². The van der Waals surface area contributed by atoms with E-state index in [1.807, 2.05) is 0 Å². The van der Waals surface area contributed by atoms with Crippen molar-refractivity contribution in [2.45, 2.75) is 52.0 Å². The molecule has 0 aromatic carbocycles. The van der Waals surface area contributed by atoms with Crippen LogP contribution in [0.25, 0.3) is 0 Å². The van der Waals surface area contributed by atoms with Gasteiger partial charge in [0.25, 0.3) is 0 Å². The van der Waals surface area contributed by atoms with Gasteiger partial charge in [0.2, 0.25) is 0 Å². The smallest absolute Gasteiger partial charge is 0.322 e. The van der Waals surface area contributed by atoms with Gasteiger partial charge in [-0.2, -0.15) is 0 Å². The molecule has 5 nitrogen and oxygen atoms in total. The van der Waals surface area contributed by atoms with Crippen molar-refractivity contribution in [3.8, 4) is 0 Å². The summed E-state index contributed by atoms with van der Waals surface area (Å²) < 4.78 is 9.56. The molecule has 1 unspecified atom stereocenters. The van der Waals surface area contributed by atoms with E-state index in [1.54, 1.807) is 6.92 Å². The molecule has 1 atom stereocenters. The summed E-state index contributed by atoms with van der Waals surface area (Å²) in [4.78, 5) is 22.6. The molecule has 0 spiro atoms. The number of rotatable bonds is 10. The van der Waals surface area contributed by atoms with Gasteiger partial charge in [0, 0.05) is 6.42 Å². The van der Waals surface area contributed by atoms with Gasteiger partial charge in [-0.3, -0.25) is 9.59 Å². The number of hydrogen-bond acceptors (Lipinski definition) is 5. The second-order valence-electron chi connectivity index (χ2n) is 4.08. The largest absolute Gasteiger partial charge is 0.468 e. The molecule has 0 aromatic heterocycles. The summed E-state index contributed by atoms with van der Waals surface area (Å²) >= 11 is 0. The Hall–Kier alpha value is -1.10. The number of unbranched alkanes of at least 4 members (excludes halogenated alkanes) is 1. The van der Waals surface area contributed by atoms with Crippen LogP contribution in [0.3, 0.4) is 0 Å². The molecule has 0 aromatic rings. The molecule has 0 aliphatic heterocycles. The predicted molar refractivity (Wildman–Crippen MR) is 69.2 cm³/mol. The lowest BCUT2D eigenvalue weighted by atomic mass is 10.1. The van der Waals surface area contributed by atoms with E-state index in [0.717, 1.165) is 19.3 Å². The average Bonchev–Trinajstić information content (AvgIpc) is 2.37. The van der Waals surface area contributed by atoms with Gasteiger partial charge in [-0.25, -0.2) is 0 Å². The van der Waals surface area contributed by atoms with Crippen molar-refractivity contribution in [3.05, 3.63) is 0 Å². The normalized spacial score (nSPS) is 11.9. The molecule has 0 saturated carbocycles. The molecule has 0 saturated heterocycles. The third-order valence-corrected chi connectivity index (χ3v) is 2.59. The summed E-state index contributed by atoms with van der Waals surface area (Å²) in [6.45, 7) is 4.89. The highest BCUT2D eigenvalue weighted by atomic mass is 16.5. The van der Waals surface area contributed by atoms with Crippen LogP contribution in [0, 0.1) is 0 Å². The molecular weight excluding hydrogens is 234 g/mol. The highest BCUT2D eigenvalue weighted by Crippen LogP contribution is 2.03. The number of carbonyl (C=O) groups excluding carboxylic acids is 2. The van der Waals surface area contributed by atoms with Crippen molar-refractivity contribution in [3.63, 3.8) is 0 Å². The lowest BCUT2D eigenvalue weighted by molar-refractivity contribution is -0.143. The SMILES string of the molecule is CCCCC(NCCCC(=O)OCC)C(=O)OC. The second-order valence-corrected chi connectivity index (χ2v) is 4.08. The van der Waals surface area contributed by atoms with E-state index in [4.69, 9.17) is 9.47 Å². The molecule has 0 heterocycles. The Morgan fingerprint density at radius 1 is 1.22 bits per heavy atom. The molecule has 0 aliphatic carbocycles. The molecule has 0 fully saturated rings. The molecule has 0 bridgehead atoms. The Morgan fingerprint density at radius 2 is 1.94 bits per heavy atom. The summed E-state index contributed by atoms with van der Waals surface area (Å²) in [7, 11) is 1.39. The molecule has 0 rings (SSSR count). The van der Waals surface area contributed by atoms with Crippen molar-refractivity contribution in [2.75, 3.05) is 20.3 Å². The predicted octanol–water partition coefficient (Wildman–Crippen LogP) is 1.65. The molecule has 0 radical (unpaired) electrons. The maximum absolute atomic E-state index is 11.5. The van der Waals surface area contributed by atoms with Gasteiger partial charge in [0.05, 0.1) is 13.7 Å². The van der Waals surface area contributed by atoms with Crippen molar-refractivity contribution >= 4 is 11.9 Å². The maximum atomic E-state index is 11.5. The van der Waals surface area contributed by atoms with Gasteiger partial charge in [0.1, 0.15) is 6.04 Å². The van der Waals surface area contributed by atoms with Gasteiger partial charge >= 0.3 is 11.9 Å². The van der Waals surface area contributed by atoms with Crippen LogP contribution in [-0.4, -0.2) is 38.2 Å². The van der Waals surface area contributed by atoms with Crippen LogP contribution in [0.1, 0.15) is 46.0 Å². The molecule has 1 N–H and O–H groups in total. The zero-order valence-corrected chi connectivity index (χ0v) is 11.7. The van der Waals surface area contributed by atoms with Crippen molar-refractivity contribution in [2.24, 2.45) is 0 Å². The summed E-state index contributed by atoms with van der Waals surface area (Å²) in [6, 6.07) is -0.267. The molecule has 0 amide bonds. The minimum Gasteiger partial charge on any atom is -0.468 e. The van der Waals surface area contributed by atoms with Crippen LogP contribution < -0.4 is 5.32 Å². The number of methoxy groups -OCH3 is 1. The van der Waals surface area contributed by atoms with Gasteiger partial charge in [-0.1, -0.05) is 19.8 Å². The van der Waals surface area contributed by atoms with Crippen LogP contribution in [0.4, 0.5) is 0 Å². The van der Waals surface area contributed by atoms with Gasteiger partial charge in [-0.05, 0) is 26.3 Å². The van der Waals surface area contributed by atoms with E-state index >= 15 is 0 Å². The third kappa shape index (κ3) is 8.06. The van der Waals surface area contributed by atoms with Crippen molar-refractivity contribution in [1.82, 2.24) is 5.32 Å². The van der Waals surface area contributed by atoms with Crippen LogP contribution in [-0.2, 0) is 19.1 Å². The minimum absolute atomic E-state index is 0.192. The van der Waals surface area contributed by atoms with E-state index in [-0.39, 0.29) is 18.0 Å². The number of ether oxygens (including phenoxy) is 2. The van der Waals surface area contributed by atoms with E-state index in [9.17, 15) is 9.59 Å². The van der Waals surface area contributed by atoms with Crippen LogP contribution in [0.2, 0.25) is 0 Å². The highest BCUT2D eigenvalue weighted by Gasteiger charge is 2.17. The van der Waals surface area contributed by atoms with Gasteiger partial charge in [0.15, 0.2) is 0 Å². The van der Waals surface area contributed by atoms with Crippen molar-refractivity contribution < 1.29 is 19.1 Å². The first-order valence-electron chi connectivity index (χ1n) is 6.62. The fourth-order valence-corrected chi connectivity index (χ4v) is 1.60. The summed E-state index contributed by atoms with van der Waals surface area (Å²) in [6.07, 6.45) is 3.83. The second kappa shape index (κ2) is 11.0. The first-order chi connectivity index (χ1) is 8.65.